The van der Waals surface area contributed by atoms with E-state index in [9.17, 15) is 19.1 Å². The number of rotatable bonds is 7. The number of piperidine rings is 1. The standard InChI is InChI=1S/C27H39FN2O5/c1-18(31)16-29-25(32)21-7-5-20(6-8-21)22-9-10-24(23(28)15-22)34-17-19-11-13-30(14-12-19)26(33)35-27(2,3)4/h5,9-10,15,18-19,21,31H,6-8,11-14,16-17H2,1-4H3,(H,29,32). The molecule has 0 bridgehead atoms. The molecule has 2 aliphatic rings. The predicted octanol–water partition coefficient (Wildman–Crippen LogP) is 4.53. The predicted molar refractivity (Wildman–Crippen MR) is 132 cm³/mol. The van der Waals surface area contributed by atoms with Crippen LogP contribution in [0.2, 0.25) is 0 Å². The molecule has 0 saturated carbocycles. The van der Waals surface area contributed by atoms with E-state index >= 15 is 0 Å². The minimum Gasteiger partial charge on any atom is -0.490 e. The second-order valence-corrected chi connectivity index (χ2v) is 10.7. The van der Waals surface area contributed by atoms with Gasteiger partial charge in [-0.25, -0.2) is 9.18 Å². The summed E-state index contributed by atoms with van der Waals surface area (Å²) in [6, 6.07) is 5.03. The summed E-state index contributed by atoms with van der Waals surface area (Å²) >= 11 is 0. The van der Waals surface area contributed by atoms with Crippen LogP contribution in [0.4, 0.5) is 9.18 Å². The van der Waals surface area contributed by atoms with Gasteiger partial charge in [-0.2, -0.15) is 0 Å². The first-order valence-corrected chi connectivity index (χ1v) is 12.6. The van der Waals surface area contributed by atoms with E-state index in [4.69, 9.17) is 9.47 Å². The summed E-state index contributed by atoms with van der Waals surface area (Å²) in [6.45, 7) is 9.07. The molecule has 2 unspecified atom stereocenters. The van der Waals surface area contributed by atoms with Crippen molar-refractivity contribution < 1.29 is 28.6 Å². The smallest absolute Gasteiger partial charge is 0.410 e. The molecule has 0 aromatic heterocycles. The van der Waals surface area contributed by atoms with E-state index in [0.29, 0.717) is 39.0 Å². The number of nitrogens with one attached hydrogen (secondary N) is 1. The van der Waals surface area contributed by atoms with Crippen molar-refractivity contribution >= 4 is 17.6 Å². The molecule has 1 aliphatic heterocycles. The number of carbonyl (C=O) groups excluding carboxylic acids is 2. The number of hydrogen-bond acceptors (Lipinski definition) is 5. The van der Waals surface area contributed by atoms with Crippen LogP contribution in [0.5, 0.6) is 5.75 Å². The molecule has 2 N–H and O–H groups in total. The lowest BCUT2D eigenvalue weighted by molar-refractivity contribution is -0.125. The molecule has 1 aliphatic carbocycles. The molecule has 0 spiro atoms. The third kappa shape index (κ3) is 8.23. The summed E-state index contributed by atoms with van der Waals surface area (Å²) in [5.41, 5.74) is 1.33. The van der Waals surface area contributed by atoms with Crippen molar-refractivity contribution in [2.75, 3.05) is 26.2 Å². The van der Waals surface area contributed by atoms with E-state index < -0.39 is 17.5 Å². The summed E-state index contributed by atoms with van der Waals surface area (Å²) in [4.78, 5) is 26.1. The number of likely N-dealkylation sites (tertiary alicyclic amines) is 1. The van der Waals surface area contributed by atoms with Gasteiger partial charge < -0.3 is 24.8 Å². The number of allylic oxidation sites excluding steroid dienone is 2. The third-order valence-corrected chi connectivity index (χ3v) is 6.40. The van der Waals surface area contributed by atoms with Crippen LogP contribution in [-0.2, 0) is 9.53 Å². The normalized spacial score (nSPS) is 20.1. The fourth-order valence-corrected chi connectivity index (χ4v) is 4.36. The van der Waals surface area contributed by atoms with Crippen molar-refractivity contribution in [2.24, 2.45) is 11.8 Å². The first-order valence-electron chi connectivity index (χ1n) is 12.6. The fraction of sp³-hybridized carbons (Fsp3) is 0.630. The summed E-state index contributed by atoms with van der Waals surface area (Å²) in [7, 11) is 0. The minimum atomic E-state index is -0.567. The topological polar surface area (TPSA) is 88.1 Å². The highest BCUT2D eigenvalue weighted by molar-refractivity contribution is 5.80. The average molecular weight is 491 g/mol. The number of aliphatic hydroxyl groups excluding tert-OH is 1. The highest BCUT2D eigenvalue weighted by Gasteiger charge is 2.27. The molecule has 1 heterocycles. The highest BCUT2D eigenvalue weighted by atomic mass is 19.1. The fourth-order valence-electron chi connectivity index (χ4n) is 4.36. The number of aliphatic hydroxyl groups is 1. The minimum absolute atomic E-state index is 0.0481. The average Bonchev–Trinajstić information content (AvgIpc) is 2.81. The number of hydrogen-bond donors (Lipinski definition) is 2. The SMILES string of the molecule is CC(O)CNC(=O)C1CC=C(c2ccc(OCC3CCN(C(=O)OC(C)(C)C)CC3)c(F)c2)CC1. The Labute approximate surface area is 207 Å². The van der Waals surface area contributed by atoms with Crippen LogP contribution in [0.15, 0.2) is 24.3 Å². The van der Waals surface area contributed by atoms with Crippen LogP contribution in [-0.4, -0.2) is 60.0 Å². The lowest BCUT2D eigenvalue weighted by Gasteiger charge is -2.33. The van der Waals surface area contributed by atoms with Crippen molar-refractivity contribution in [3.8, 4) is 5.75 Å². The van der Waals surface area contributed by atoms with Crippen molar-refractivity contribution in [1.29, 1.82) is 0 Å². The number of nitrogens with zero attached hydrogens (tertiary/aromatic N) is 1. The van der Waals surface area contributed by atoms with Crippen LogP contribution in [0.3, 0.4) is 0 Å². The Hall–Kier alpha value is -2.61. The molecule has 2 amide bonds. The van der Waals surface area contributed by atoms with Crippen molar-refractivity contribution in [3.05, 3.63) is 35.7 Å². The van der Waals surface area contributed by atoms with E-state index in [1.807, 2.05) is 32.9 Å². The number of halogens is 1. The molecule has 0 radical (unpaired) electrons. The monoisotopic (exact) mass is 490 g/mol. The van der Waals surface area contributed by atoms with E-state index in [0.717, 1.165) is 24.0 Å². The van der Waals surface area contributed by atoms with Crippen molar-refractivity contribution in [2.45, 2.75) is 71.5 Å². The summed E-state index contributed by atoms with van der Waals surface area (Å²) < 4.78 is 26.0. The van der Waals surface area contributed by atoms with Crippen molar-refractivity contribution in [1.82, 2.24) is 10.2 Å². The molecular formula is C27H39FN2O5. The van der Waals surface area contributed by atoms with Gasteiger partial charge >= 0.3 is 6.09 Å². The third-order valence-electron chi connectivity index (χ3n) is 6.40. The molecule has 194 valence electrons. The molecule has 1 aromatic carbocycles. The van der Waals surface area contributed by atoms with Crippen LogP contribution < -0.4 is 10.1 Å². The molecular weight excluding hydrogens is 451 g/mol. The quantitative estimate of drug-likeness (QED) is 0.586. The summed E-state index contributed by atoms with van der Waals surface area (Å²) in [5, 5.41) is 12.1. The van der Waals surface area contributed by atoms with E-state index in [1.54, 1.807) is 17.9 Å². The molecule has 7 nitrogen and oxygen atoms in total. The van der Waals surface area contributed by atoms with Crippen LogP contribution in [0.25, 0.3) is 5.57 Å². The Morgan fingerprint density at radius 2 is 1.94 bits per heavy atom. The summed E-state index contributed by atoms with van der Waals surface area (Å²) in [6.07, 6.45) is 4.72. The van der Waals surface area contributed by atoms with E-state index in [-0.39, 0.29) is 36.1 Å². The summed E-state index contributed by atoms with van der Waals surface area (Å²) in [5.74, 6) is -0.0769. The second kappa shape index (κ2) is 11.9. The lowest BCUT2D eigenvalue weighted by Crippen LogP contribution is -2.42. The molecule has 1 aromatic rings. The Balaban J connectivity index is 1.46. The Morgan fingerprint density at radius 3 is 2.51 bits per heavy atom. The van der Waals surface area contributed by atoms with Gasteiger partial charge in [-0.05, 0) is 89.0 Å². The van der Waals surface area contributed by atoms with Gasteiger partial charge in [0.2, 0.25) is 5.91 Å². The Morgan fingerprint density at radius 1 is 1.23 bits per heavy atom. The van der Waals surface area contributed by atoms with Gasteiger partial charge in [0.25, 0.3) is 0 Å². The number of carbonyl (C=O) groups is 2. The Bertz CT molecular complexity index is 917. The number of ether oxygens (including phenoxy) is 2. The molecule has 3 rings (SSSR count). The van der Waals surface area contributed by atoms with Gasteiger partial charge in [0.05, 0.1) is 12.7 Å². The van der Waals surface area contributed by atoms with Crippen LogP contribution in [0, 0.1) is 17.7 Å². The van der Waals surface area contributed by atoms with Gasteiger partial charge in [0.1, 0.15) is 5.60 Å². The molecule has 8 heteroatoms. The molecule has 1 fully saturated rings. The maximum atomic E-state index is 14.8. The van der Waals surface area contributed by atoms with E-state index in [1.165, 1.54) is 6.07 Å². The molecule has 2 atom stereocenters. The molecule has 1 saturated heterocycles. The number of amides is 2. The zero-order valence-corrected chi connectivity index (χ0v) is 21.3. The lowest BCUT2D eigenvalue weighted by atomic mass is 9.86. The van der Waals surface area contributed by atoms with Gasteiger partial charge in [0.15, 0.2) is 11.6 Å². The van der Waals surface area contributed by atoms with E-state index in [2.05, 4.69) is 5.32 Å². The second-order valence-electron chi connectivity index (χ2n) is 10.7. The highest BCUT2D eigenvalue weighted by Crippen LogP contribution is 2.32. The van der Waals surface area contributed by atoms with Crippen LogP contribution in [0.1, 0.15) is 65.4 Å². The number of benzene rings is 1. The zero-order chi connectivity index (χ0) is 25.6. The maximum Gasteiger partial charge on any atom is 0.410 e. The zero-order valence-electron chi connectivity index (χ0n) is 21.3. The van der Waals surface area contributed by atoms with Gasteiger partial charge in [0, 0.05) is 25.6 Å². The van der Waals surface area contributed by atoms with Gasteiger partial charge in [-0.1, -0.05) is 12.1 Å². The Kier molecular flexibility index (Phi) is 9.16. The molecule has 35 heavy (non-hydrogen) atoms. The first kappa shape index (κ1) is 27.0. The van der Waals surface area contributed by atoms with Crippen molar-refractivity contribution in [3.63, 3.8) is 0 Å². The van der Waals surface area contributed by atoms with Gasteiger partial charge in [-0.15, -0.1) is 0 Å². The van der Waals surface area contributed by atoms with Crippen LogP contribution >= 0.6 is 0 Å². The maximum absolute atomic E-state index is 14.8. The van der Waals surface area contributed by atoms with Gasteiger partial charge in [-0.3, -0.25) is 4.79 Å². The largest absolute Gasteiger partial charge is 0.490 e. The first-order chi connectivity index (χ1) is 16.5.